The van der Waals surface area contributed by atoms with Crippen LogP contribution in [0.3, 0.4) is 0 Å². The fourth-order valence-electron chi connectivity index (χ4n) is 2.57. The number of esters is 1. The number of nitrogens with one attached hydrogen (secondary N) is 1. The molecular weight excluding hydrogens is 420 g/mol. The van der Waals surface area contributed by atoms with Crippen LogP contribution in [0.2, 0.25) is 0 Å². The molecule has 0 fully saturated rings. The number of carbonyl (C=O) groups is 2. The summed E-state index contributed by atoms with van der Waals surface area (Å²) in [5.74, 6) is -0.0655. The van der Waals surface area contributed by atoms with Gasteiger partial charge in [0.1, 0.15) is 11.5 Å². The molecule has 0 aromatic heterocycles. The number of hydrogen-bond donors (Lipinski definition) is 2. The Labute approximate surface area is 179 Å². The highest BCUT2D eigenvalue weighted by molar-refractivity contribution is 7.89. The Balaban J connectivity index is 1.49. The van der Waals surface area contributed by atoms with Gasteiger partial charge in [0, 0.05) is 6.54 Å². The van der Waals surface area contributed by atoms with Gasteiger partial charge in [-0.25, -0.2) is 18.4 Å². The molecule has 0 saturated carbocycles. The van der Waals surface area contributed by atoms with E-state index in [0.29, 0.717) is 17.1 Å². The molecule has 0 aliphatic rings. The van der Waals surface area contributed by atoms with E-state index in [1.165, 1.54) is 30.3 Å². The number of hydrogen-bond acceptors (Lipinski definition) is 6. The molecule has 3 N–H and O–H groups in total. The molecule has 3 aromatic carbocycles. The van der Waals surface area contributed by atoms with Crippen molar-refractivity contribution in [1.82, 2.24) is 5.32 Å². The van der Waals surface area contributed by atoms with Crippen molar-refractivity contribution in [3.05, 3.63) is 90.0 Å². The molecule has 0 unspecified atom stereocenters. The van der Waals surface area contributed by atoms with E-state index < -0.39 is 28.5 Å². The number of para-hydroxylation sites is 1. The molecule has 0 aliphatic heterocycles. The maximum atomic E-state index is 12.2. The molecule has 0 radical (unpaired) electrons. The normalized spacial score (nSPS) is 10.9. The van der Waals surface area contributed by atoms with Crippen LogP contribution in [0.4, 0.5) is 0 Å². The van der Waals surface area contributed by atoms with Crippen LogP contribution in [-0.2, 0) is 26.1 Å². The molecule has 9 heteroatoms. The number of benzene rings is 3. The van der Waals surface area contributed by atoms with Crippen molar-refractivity contribution in [2.75, 3.05) is 6.61 Å². The minimum atomic E-state index is -3.77. The van der Waals surface area contributed by atoms with Crippen LogP contribution in [0.25, 0.3) is 0 Å². The summed E-state index contributed by atoms with van der Waals surface area (Å²) in [7, 11) is -3.77. The number of primary sulfonamides is 1. The van der Waals surface area contributed by atoms with Crippen LogP contribution in [-0.4, -0.2) is 26.9 Å². The number of rotatable bonds is 8. The highest BCUT2D eigenvalue weighted by Crippen LogP contribution is 2.22. The van der Waals surface area contributed by atoms with E-state index in [0.717, 1.165) is 0 Å². The summed E-state index contributed by atoms with van der Waals surface area (Å²) < 4.78 is 33.2. The monoisotopic (exact) mass is 440 g/mol. The Hall–Kier alpha value is -3.69. The lowest BCUT2D eigenvalue weighted by Gasteiger charge is -2.09. The predicted molar refractivity (Wildman–Crippen MR) is 113 cm³/mol. The topological polar surface area (TPSA) is 125 Å². The Morgan fingerprint density at radius 3 is 2.23 bits per heavy atom. The molecule has 0 spiro atoms. The smallest absolute Gasteiger partial charge is 0.338 e. The van der Waals surface area contributed by atoms with Gasteiger partial charge in [0.05, 0.1) is 10.5 Å². The summed E-state index contributed by atoms with van der Waals surface area (Å²) in [5, 5.41) is 7.63. The van der Waals surface area contributed by atoms with Crippen molar-refractivity contribution in [1.29, 1.82) is 0 Å². The van der Waals surface area contributed by atoms with Crippen molar-refractivity contribution in [3.63, 3.8) is 0 Å². The zero-order chi connectivity index (χ0) is 22.3. The van der Waals surface area contributed by atoms with Crippen LogP contribution < -0.4 is 15.2 Å². The lowest BCUT2D eigenvalue weighted by molar-refractivity contribution is -0.124. The molecule has 0 aliphatic carbocycles. The van der Waals surface area contributed by atoms with E-state index >= 15 is 0 Å². The minimum Gasteiger partial charge on any atom is -0.457 e. The summed E-state index contributed by atoms with van der Waals surface area (Å²) in [4.78, 5) is 24.2. The van der Waals surface area contributed by atoms with Gasteiger partial charge in [-0.1, -0.05) is 36.4 Å². The minimum absolute atomic E-state index is 0.0185. The predicted octanol–water partition coefficient (Wildman–Crippen LogP) is 2.60. The maximum absolute atomic E-state index is 12.2. The van der Waals surface area contributed by atoms with E-state index in [1.807, 2.05) is 18.2 Å². The summed E-state index contributed by atoms with van der Waals surface area (Å²) >= 11 is 0. The van der Waals surface area contributed by atoms with E-state index in [4.69, 9.17) is 14.6 Å². The number of amides is 1. The second kappa shape index (κ2) is 9.88. The molecular formula is C22H20N2O6S. The van der Waals surface area contributed by atoms with Crippen molar-refractivity contribution in [2.24, 2.45) is 5.14 Å². The quantitative estimate of drug-likeness (QED) is 0.519. The molecule has 0 bridgehead atoms. The summed E-state index contributed by atoms with van der Waals surface area (Å²) in [6.07, 6.45) is 0. The number of carbonyl (C=O) groups excluding carboxylic acids is 2. The Kier molecular flexibility index (Phi) is 7.01. The first-order valence-corrected chi connectivity index (χ1v) is 10.7. The van der Waals surface area contributed by atoms with Gasteiger partial charge in [-0.3, -0.25) is 4.79 Å². The number of ether oxygens (including phenoxy) is 2. The summed E-state index contributed by atoms with van der Waals surface area (Å²) in [6.45, 7) is -0.320. The molecule has 0 atom stereocenters. The van der Waals surface area contributed by atoms with Crippen molar-refractivity contribution in [3.8, 4) is 11.5 Å². The first-order chi connectivity index (χ1) is 14.8. The van der Waals surface area contributed by atoms with Crippen molar-refractivity contribution in [2.45, 2.75) is 11.4 Å². The first-order valence-electron chi connectivity index (χ1n) is 9.20. The molecule has 8 nitrogen and oxygen atoms in total. The van der Waals surface area contributed by atoms with Crippen LogP contribution in [0.5, 0.6) is 11.5 Å². The first kappa shape index (κ1) is 22.0. The van der Waals surface area contributed by atoms with Gasteiger partial charge in [0.2, 0.25) is 10.0 Å². The van der Waals surface area contributed by atoms with Gasteiger partial charge < -0.3 is 14.8 Å². The average Bonchev–Trinajstić information content (AvgIpc) is 2.76. The van der Waals surface area contributed by atoms with Gasteiger partial charge in [-0.2, -0.15) is 0 Å². The Morgan fingerprint density at radius 2 is 1.55 bits per heavy atom. The lowest BCUT2D eigenvalue weighted by Crippen LogP contribution is -2.28. The summed E-state index contributed by atoms with van der Waals surface area (Å²) in [6, 6.07) is 21.3. The molecule has 31 heavy (non-hydrogen) atoms. The van der Waals surface area contributed by atoms with Gasteiger partial charge in [0.25, 0.3) is 5.91 Å². The van der Waals surface area contributed by atoms with Crippen LogP contribution in [0.1, 0.15) is 15.9 Å². The van der Waals surface area contributed by atoms with E-state index in [1.54, 1.807) is 30.3 Å². The van der Waals surface area contributed by atoms with Gasteiger partial charge in [0.15, 0.2) is 6.61 Å². The zero-order valence-electron chi connectivity index (χ0n) is 16.4. The molecule has 1 amide bonds. The number of sulfonamides is 1. The fraction of sp³-hybridized carbons (Fsp3) is 0.0909. The molecule has 0 heterocycles. The van der Waals surface area contributed by atoms with E-state index in [2.05, 4.69) is 5.32 Å². The van der Waals surface area contributed by atoms with Gasteiger partial charge in [-0.15, -0.1) is 0 Å². The van der Waals surface area contributed by atoms with E-state index in [9.17, 15) is 18.0 Å². The average molecular weight is 440 g/mol. The third-order valence-electron chi connectivity index (χ3n) is 4.12. The molecule has 3 aromatic rings. The Bertz CT molecular complexity index is 1160. The fourth-order valence-corrected chi connectivity index (χ4v) is 3.09. The largest absolute Gasteiger partial charge is 0.457 e. The van der Waals surface area contributed by atoms with Crippen LogP contribution in [0.15, 0.2) is 83.8 Å². The van der Waals surface area contributed by atoms with Crippen molar-refractivity contribution < 1.29 is 27.5 Å². The van der Waals surface area contributed by atoms with Gasteiger partial charge in [-0.05, 0) is 48.0 Å². The van der Waals surface area contributed by atoms with Crippen molar-refractivity contribution >= 4 is 21.9 Å². The van der Waals surface area contributed by atoms with Gasteiger partial charge >= 0.3 is 5.97 Å². The highest BCUT2D eigenvalue weighted by Gasteiger charge is 2.12. The molecule has 3 rings (SSSR count). The van der Waals surface area contributed by atoms with Crippen LogP contribution >= 0.6 is 0 Å². The van der Waals surface area contributed by atoms with E-state index in [-0.39, 0.29) is 17.0 Å². The second-order valence-electron chi connectivity index (χ2n) is 6.48. The third-order valence-corrected chi connectivity index (χ3v) is 5.05. The Morgan fingerprint density at radius 1 is 0.871 bits per heavy atom. The maximum Gasteiger partial charge on any atom is 0.338 e. The SMILES string of the molecule is NS(=O)(=O)c1ccc(CNC(=O)COC(=O)c2cccc(Oc3ccccc3)c2)cc1. The molecule has 160 valence electrons. The standard InChI is InChI=1S/C22H20N2O6S/c23-31(27,28)20-11-9-16(10-12-20)14-24-21(25)15-29-22(26)17-5-4-8-19(13-17)30-18-6-2-1-3-7-18/h1-13H,14-15H2,(H,24,25)(H2,23,27,28). The highest BCUT2D eigenvalue weighted by atomic mass is 32.2. The third kappa shape index (κ3) is 6.66. The number of nitrogens with two attached hydrogens (primary N) is 1. The summed E-state index contributed by atoms with van der Waals surface area (Å²) in [5.41, 5.74) is 0.914. The molecule has 0 saturated heterocycles. The zero-order valence-corrected chi connectivity index (χ0v) is 17.2. The van der Waals surface area contributed by atoms with Crippen LogP contribution in [0, 0.1) is 0 Å². The second-order valence-corrected chi connectivity index (χ2v) is 8.05. The lowest BCUT2D eigenvalue weighted by atomic mass is 10.2.